The minimum absolute atomic E-state index is 0.238. The van der Waals surface area contributed by atoms with Crippen molar-refractivity contribution in [2.45, 2.75) is 17.1 Å². The summed E-state index contributed by atoms with van der Waals surface area (Å²) in [5, 5.41) is 8.17. The van der Waals surface area contributed by atoms with Crippen molar-refractivity contribution in [3.63, 3.8) is 0 Å². The Kier molecular flexibility index (Phi) is 6.29. The van der Waals surface area contributed by atoms with Crippen molar-refractivity contribution in [3.05, 3.63) is 87.8 Å². The molecule has 10 heteroatoms. The summed E-state index contributed by atoms with van der Waals surface area (Å²) in [6.07, 6.45) is -0.788. The number of thioether (sulfide) groups is 1. The molecular formula is C23H14ClF3N4SSe. The molecule has 0 saturated heterocycles. The number of rotatable bonds is 6. The standard InChI is InChI=1S/C23H14ClF3N4SSe/c24-17-10-16(32-12-13-4-2-1-3-5-13)11-31-19(22-29-30-23(33-22)20(26)27)18(28-21(17)31)14-6-8-15(25)9-7-14/h1-11,20H,12H2. The van der Waals surface area contributed by atoms with Gasteiger partial charge in [0.25, 0.3) is 0 Å². The first kappa shape index (κ1) is 22.2. The quantitative estimate of drug-likeness (QED) is 0.178. The number of pyridine rings is 1. The van der Waals surface area contributed by atoms with Gasteiger partial charge in [-0.15, -0.1) is 0 Å². The van der Waals surface area contributed by atoms with Gasteiger partial charge in [-0.05, 0) is 0 Å². The van der Waals surface area contributed by atoms with Gasteiger partial charge in [0.1, 0.15) is 0 Å². The van der Waals surface area contributed by atoms with Crippen LogP contribution in [0, 0.1) is 5.82 Å². The second-order valence-electron chi connectivity index (χ2n) is 7.05. The zero-order valence-corrected chi connectivity index (χ0v) is 20.0. The average Bonchev–Trinajstić information content (AvgIpc) is 3.44. The number of imidazole rings is 1. The van der Waals surface area contributed by atoms with E-state index in [1.54, 1.807) is 28.3 Å². The molecule has 0 atom stereocenters. The first-order valence-electron chi connectivity index (χ1n) is 9.76. The van der Waals surface area contributed by atoms with Crippen molar-refractivity contribution in [2.75, 3.05) is 0 Å². The minimum atomic E-state index is -2.67. The number of halogens is 4. The van der Waals surface area contributed by atoms with Gasteiger partial charge >= 0.3 is 203 Å². The molecule has 5 aromatic rings. The summed E-state index contributed by atoms with van der Waals surface area (Å²) >= 11 is 7.42. The Morgan fingerprint density at radius 1 is 1.03 bits per heavy atom. The summed E-state index contributed by atoms with van der Waals surface area (Å²) in [4.78, 5) is 5.57. The van der Waals surface area contributed by atoms with Crippen LogP contribution in [-0.2, 0) is 5.75 Å². The maximum atomic E-state index is 13.5. The van der Waals surface area contributed by atoms with Crippen LogP contribution < -0.4 is 0 Å². The fourth-order valence-electron chi connectivity index (χ4n) is 3.33. The Labute approximate surface area is 202 Å². The second kappa shape index (κ2) is 9.35. The van der Waals surface area contributed by atoms with Crippen molar-refractivity contribution >= 4 is 43.5 Å². The van der Waals surface area contributed by atoms with Crippen LogP contribution in [0.4, 0.5) is 13.2 Å². The van der Waals surface area contributed by atoms with Crippen molar-refractivity contribution in [2.24, 2.45) is 0 Å². The molecular weight excluding hydrogens is 536 g/mol. The van der Waals surface area contributed by atoms with Crippen molar-refractivity contribution < 1.29 is 13.2 Å². The normalized spacial score (nSPS) is 11.5. The molecule has 0 spiro atoms. The van der Waals surface area contributed by atoms with Gasteiger partial charge in [-0.2, -0.15) is 0 Å². The molecule has 0 bridgehead atoms. The molecule has 0 unspecified atom stereocenters. The van der Waals surface area contributed by atoms with E-state index in [2.05, 4.69) is 15.2 Å². The van der Waals surface area contributed by atoms with Gasteiger partial charge in [0.2, 0.25) is 0 Å². The van der Waals surface area contributed by atoms with Gasteiger partial charge in [-0.25, -0.2) is 0 Å². The molecule has 2 aromatic carbocycles. The van der Waals surface area contributed by atoms with Crippen LogP contribution in [-0.4, -0.2) is 34.1 Å². The van der Waals surface area contributed by atoms with Crippen LogP contribution in [0.2, 0.25) is 5.02 Å². The third-order valence-corrected chi connectivity index (χ3v) is 8.12. The molecule has 33 heavy (non-hydrogen) atoms. The maximum absolute atomic E-state index is 13.5. The van der Waals surface area contributed by atoms with E-state index in [1.165, 1.54) is 12.1 Å². The van der Waals surface area contributed by atoms with Crippen LogP contribution in [0.25, 0.3) is 27.2 Å². The molecule has 0 amide bonds. The van der Waals surface area contributed by atoms with E-state index in [0.717, 1.165) is 16.2 Å². The molecule has 3 aromatic heterocycles. The van der Waals surface area contributed by atoms with Crippen LogP contribution in [0.5, 0.6) is 0 Å². The van der Waals surface area contributed by atoms with Gasteiger partial charge < -0.3 is 0 Å². The molecule has 0 aliphatic rings. The number of benzene rings is 2. The number of hydrogen-bond donors (Lipinski definition) is 0. The van der Waals surface area contributed by atoms with Crippen LogP contribution >= 0.6 is 23.4 Å². The molecule has 0 fully saturated rings. The third kappa shape index (κ3) is 4.59. The Hall–Kier alpha value is -2.58. The average molecular weight is 550 g/mol. The van der Waals surface area contributed by atoms with E-state index >= 15 is 0 Å². The van der Waals surface area contributed by atoms with E-state index in [-0.39, 0.29) is 10.4 Å². The monoisotopic (exact) mass is 550 g/mol. The molecule has 166 valence electrons. The van der Waals surface area contributed by atoms with Crippen LogP contribution in [0.15, 0.2) is 71.8 Å². The summed E-state index contributed by atoms with van der Waals surface area (Å²) < 4.78 is 42.0. The molecule has 3 heterocycles. The number of fused-ring (bicyclic) bond motifs is 1. The Bertz CT molecular complexity index is 1420. The van der Waals surface area contributed by atoms with Gasteiger partial charge in [0, 0.05) is 0 Å². The predicted octanol–water partition coefficient (Wildman–Crippen LogP) is 6.54. The van der Waals surface area contributed by atoms with Gasteiger partial charge in [-0.1, -0.05) is 0 Å². The fourth-order valence-corrected chi connectivity index (χ4v) is 6.11. The first-order valence-corrected chi connectivity index (χ1v) is 12.8. The van der Waals surface area contributed by atoms with E-state index in [0.29, 0.717) is 32.2 Å². The summed E-state index contributed by atoms with van der Waals surface area (Å²) in [5.74, 6) is 0.355. The molecule has 0 aliphatic carbocycles. The zero-order valence-electron chi connectivity index (χ0n) is 16.8. The van der Waals surface area contributed by atoms with Crippen molar-refractivity contribution in [3.8, 4) is 21.5 Å². The Morgan fingerprint density at radius 2 is 1.79 bits per heavy atom. The molecule has 0 saturated carbocycles. The third-order valence-electron chi connectivity index (χ3n) is 4.85. The van der Waals surface area contributed by atoms with Gasteiger partial charge in [0.15, 0.2) is 0 Å². The zero-order chi connectivity index (χ0) is 22.9. The fraction of sp³-hybridized carbons (Fsp3) is 0.0870. The topological polar surface area (TPSA) is 43.1 Å². The van der Waals surface area contributed by atoms with Crippen molar-refractivity contribution in [1.82, 2.24) is 19.6 Å². The van der Waals surface area contributed by atoms with Crippen molar-refractivity contribution in [1.29, 1.82) is 0 Å². The molecule has 5 rings (SSSR count). The molecule has 0 radical (unpaired) electrons. The number of aromatic nitrogens is 4. The summed E-state index contributed by atoms with van der Waals surface area (Å²) in [5.41, 5.74) is 3.30. The molecule has 0 aliphatic heterocycles. The summed E-state index contributed by atoms with van der Waals surface area (Å²) in [7, 11) is 0. The first-order chi connectivity index (χ1) is 16.0. The predicted molar refractivity (Wildman–Crippen MR) is 125 cm³/mol. The van der Waals surface area contributed by atoms with E-state index in [1.807, 2.05) is 42.6 Å². The number of alkyl halides is 2. The number of hydrogen-bond acceptors (Lipinski definition) is 4. The SMILES string of the molecule is Fc1ccc(-c2nc3c(Cl)cc(SCc4ccccc4)cn3c2-c2nnc(C(F)F)[se]2)cc1. The number of nitrogens with zero attached hydrogens (tertiary/aromatic N) is 4. The molecule has 4 nitrogen and oxygen atoms in total. The van der Waals surface area contributed by atoms with E-state index < -0.39 is 20.9 Å². The van der Waals surface area contributed by atoms with Crippen LogP contribution in [0.3, 0.4) is 0 Å². The van der Waals surface area contributed by atoms with Crippen LogP contribution in [0.1, 0.15) is 16.6 Å². The second-order valence-corrected chi connectivity index (χ2v) is 10.6. The summed E-state index contributed by atoms with van der Waals surface area (Å²) in [6, 6.07) is 17.7. The Morgan fingerprint density at radius 3 is 2.48 bits per heavy atom. The van der Waals surface area contributed by atoms with Gasteiger partial charge in [0.05, 0.1) is 0 Å². The molecule has 0 N–H and O–H groups in total. The van der Waals surface area contributed by atoms with E-state index in [9.17, 15) is 13.2 Å². The summed E-state index contributed by atoms with van der Waals surface area (Å²) in [6.45, 7) is 0. The van der Waals surface area contributed by atoms with Gasteiger partial charge in [-0.3, -0.25) is 0 Å². The van der Waals surface area contributed by atoms with E-state index in [4.69, 9.17) is 11.6 Å². The Balaban J connectivity index is 1.65.